The molecule has 0 atom stereocenters. The number of unbranched alkanes of at least 4 members (excludes halogenated alkanes) is 1. The first-order valence-corrected chi connectivity index (χ1v) is 7.62. The second kappa shape index (κ2) is 10.4. The molecule has 0 N–H and O–H groups in total. The number of alkyl halides is 1. The standard InChI is InChI=1S/C13H24BrNO3/c1-4-18-13(17)10-15(9-11(2)3)12(16)7-5-6-8-14/h11H,4-10H2,1-3H3. The first kappa shape index (κ1) is 17.4. The van der Waals surface area contributed by atoms with Crippen LogP contribution >= 0.6 is 15.9 Å². The first-order valence-electron chi connectivity index (χ1n) is 6.50. The molecule has 0 saturated heterocycles. The van der Waals surface area contributed by atoms with Gasteiger partial charge in [0.1, 0.15) is 6.54 Å². The lowest BCUT2D eigenvalue weighted by atomic mass is 10.1. The van der Waals surface area contributed by atoms with Crippen molar-refractivity contribution in [1.82, 2.24) is 4.90 Å². The van der Waals surface area contributed by atoms with Gasteiger partial charge in [0, 0.05) is 18.3 Å². The molecule has 0 aromatic heterocycles. The second-order valence-electron chi connectivity index (χ2n) is 4.62. The number of nitrogens with zero attached hydrogens (tertiary/aromatic N) is 1. The van der Waals surface area contributed by atoms with Gasteiger partial charge in [0.2, 0.25) is 5.91 Å². The van der Waals surface area contributed by atoms with Crippen molar-refractivity contribution >= 4 is 27.8 Å². The van der Waals surface area contributed by atoms with Crippen LogP contribution in [0.15, 0.2) is 0 Å². The van der Waals surface area contributed by atoms with E-state index in [9.17, 15) is 9.59 Å². The van der Waals surface area contributed by atoms with Gasteiger partial charge in [-0.05, 0) is 25.7 Å². The van der Waals surface area contributed by atoms with Crippen LogP contribution in [0.1, 0.15) is 40.0 Å². The molecule has 0 saturated carbocycles. The molecule has 106 valence electrons. The van der Waals surface area contributed by atoms with Crippen LogP contribution in [0.4, 0.5) is 0 Å². The maximum atomic E-state index is 12.0. The Hall–Kier alpha value is -0.580. The Labute approximate surface area is 118 Å². The number of amides is 1. The molecule has 0 unspecified atom stereocenters. The molecule has 0 aliphatic rings. The molecule has 1 amide bonds. The van der Waals surface area contributed by atoms with Crippen LogP contribution in [0.5, 0.6) is 0 Å². The minimum Gasteiger partial charge on any atom is -0.465 e. The molecule has 0 heterocycles. The third-order valence-corrected chi connectivity index (χ3v) is 2.90. The van der Waals surface area contributed by atoms with Gasteiger partial charge in [-0.3, -0.25) is 9.59 Å². The fourth-order valence-corrected chi connectivity index (χ4v) is 1.98. The van der Waals surface area contributed by atoms with E-state index in [1.165, 1.54) is 0 Å². The Morgan fingerprint density at radius 2 is 1.94 bits per heavy atom. The van der Waals surface area contributed by atoms with Crippen LogP contribution in [0, 0.1) is 5.92 Å². The number of esters is 1. The van der Waals surface area contributed by atoms with Gasteiger partial charge in [0.15, 0.2) is 0 Å². The second-order valence-corrected chi connectivity index (χ2v) is 5.41. The predicted molar refractivity (Wildman–Crippen MR) is 75.7 cm³/mol. The number of carbonyl (C=O) groups excluding carboxylic acids is 2. The summed E-state index contributed by atoms with van der Waals surface area (Å²) in [5.41, 5.74) is 0. The van der Waals surface area contributed by atoms with E-state index >= 15 is 0 Å². The Kier molecular flexibility index (Phi) is 10.0. The van der Waals surface area contributed by atoms with Gasteiger partial charge in [0.05, 0.1) is 6.61 Å². The summed E-state index contributed by atoms with van der Waals surface area (Å²) < 4.78 is 4.89. The Balaban J connectivity index is 4.28. The van der Waals surface area contributed by atoms with E-state index in [2.05, 4.69) is 15.9 Å². The van der Waals surface area contributed by atoms with Crippen molar-refractivity contribution in [1.29, 1.82) is 0 Å². The molecule has 0 aromatic carbocycles. The lowest BCUT2D eigenvalue weighted by molar-refractivity contribution is -0.149. The average molecular weight is 322 g/mol. The van der Waals surface area contributed by atoms with E-state index in [0.29, 0.717) is 25.5 Å². The largest absolute Gasteiger partial charge is 0.465 e. The quantitative estimate of drug-likeness (QED) is 0.372. The van der Waals surface area contributed by atoms with Gasteiger partial charge in [0.25, 0.3) is 0 Å². The zero-order chi connectivity index (χ0) is 14.0. The van der Waals surface area contributed by atoms with Crippen molar-refractivity contribution in [2.24, 2.45) is 5.92 Å². The summed E-state index contributed by atoms with van der Waals surface area (Å²) in [6, 6.07) is 0. The highest BCUT2D eigenvalue weighted by Gasteiger charge is 2.18. The zero-order valence-electron chi connectivity index (χ0n) is 11.6. The molecule has 0 rings (SSSR count). The van der Waals surface area contributed by atoms with Gasteiger partial charge in [-0.1, -0.05) is 29.8 Å². The molecule has 0 fully saturated rings. The average Bonchev–Trinajstić information content (AvgIpc) is 2.28. The van der Waals surface area contributed by atoms with Crippen LogP contribution in [0.25, 0.3) is 0 Å². The van der Waals surface area contributed by atoms with Gasteiger partial charge in [-0.15, -0.1) is 0 Å². The summed E-state index contributed by atoms with van der Waals surface area (Å²) in [6.07, 6.45) is 2.32. The fraction of sp³-hybridized carbons (Fsp3) is 0.846. The SMILES string of the molecule is CCOC(=O)CN(CC(C)C)C(=O)CCCCBr. The Bertz CT molecular complexity index is 257. The van der Waals surface area contributed by atoms with E-state index in [-0.39, 0.29) is 18.4 Å². The molecule has 4 nitrogen and oxygen atoms in total. The summed E-state index contributed by atoms with van der Waals surface area (Å²) in [7, 11) is 0. The van der Waals surface area contributed by atoms with Crippen LogP contribution < -0.4 is 0 Å². The van der Waals surface area contributed by atoms with Crippen LogP contribution in [0.3, 0.4) is 0 Å². The normalized spacial score (nSPS) is 10.5. The number of hydrogen-bond donors (Lipinski definition) is 0. The maximum absolute atomic E-state index is 12.0. The smallest absolute Gasteiger partial charge is 0.325 e. The minimum absolute atomic E-state index is 0.0395. The maximum Gasteiger partial charge on any atom is 0.325 e. The number of hydrogen-bond acceptors (Lipinski definition) is 3. The van der Waals surface area contributed by atoms with Crippen molar-refractivity contribution in [2.45, 2.75) is 40.0 Å². The molecule has 0 aliphatic carbocycles. The molecular formula is C13H24BrNO3. The Morgan fingerprint density at radius 3 is 2.44 bits per heavy atom. The molecule has 0 spiro atoms. The molecule has 0 radical (unpaired) electrons. The van der Waals surface area contributed by atoms with Gasteiger partial charge in [-0.2, -0.15) is 0 Å². The van der Waals surface area contributed by atoms with Crippen molar-refractivity contribution in [3.05, 3.63) is 0 Å². The highest BCUT2D eigenvalue weighted by molar-refractivity contribution is 9.09. The van der Waals surface area contributed by atoms with E-state index in [1.807, 2.05) is 13.8 Å². The molecule has 0 bridgehead atoms. The monoisotopic (exact) mass is 321 g/mol. The van der Waals surface area contributed by atoms with Gasteiger partial charge in [-0.25, -0.2) is 0 Å². The fourth-order valence-electron chi connectivity index (χ4n) is 1.59. The topological polar surface area (TPSA) is 46.6 Å². The van der Waals surface area contributed by atoms with Crippen LogP contribution in [-0.4, -0.2) is 41.8 Å². The van der Waals surface area contributed by atoms with Crippen molar-refractivity contribution < 1.29 is 14.3 Å². The summed E-state index contributed by atoms with van der Waals surface area (Å²) in [5.74, 6) is 0.0595. The number of ether oxygens (including phenoxy) is 1. The summed E-state index contributed by atoms with van der Waals surface area (Å²) in [4.78, 5) is 25.0. The molecular weight excluding hydrogens is 298 g/mol. The summed E-state index contributed by atoms with van der Waals surface area (Å²) >= 11 is 3.34. The highest BCUT2D eigenvalue weighted by atomic mass is 79.9. The van der Waals surface area contributed by atoms with Crippen LogP contribution in [-0.2, 0) is 14.3 Å². The highest BCUT2D eigenvalue weighted by Crippen LogP contribution is 2.06. The van der Waals surface area contributed by atoms with E-state index in [4.69, 9.17) is 4.74 Å². The number of rotatable bonds is 9. The molecule has 0 aliphatic heterocycles. The van der Waals surface area contributed by atoms with Crippen molar-refractivity contribution in [3.63, 3.8) is 0 Å². The molecule has 5 heteroatoms. The Morgan fingerprint density at radius 1 is 1.28 bits per heavy atom. The first-order chi connectivity index (χ1) is 8.51. The van der Waals surface area contributed by atoms with E-state index in [0.717, 1.165) is 18.2 Å². The number of carbonyl (C=O) groups is 2. The van der Waals surface area contributed by atoms with E-state index in [1.54, 1.807) is 11.8 Å². The van der Waals surface area contributed by atoms with Crippen molar-refractivity contribution in [3.8, 4) is 0 Å². The third-order valence-electron chi connectivity index (χ3n) is 2.34. The lowest BCUT2D eigenvalue weighted by Crippen LogP contribution is -2.38. The van der Waals surface area contributed by atoms with Crippen molar-refractivity contribution in [2.75, 3.05) is 25.0 Å². The van der Waals surface area contributed by atoms with Gasteiger partial charge < -0.3 is 9.64 Å². The number of halogens is 1. The molecule has 18 heavy (non-hydrogen) atoms. The lowest BCUT2D eigenvalue weighted by Gasteiger charge is -2.23. The minimum atomic E-state index is -0.327. The summed E-state index contributed by atoms with van der Waals surface area (Å²) in [5, 5.41) is 0.905. The summed E-state index contributed by atoms with van der Waals surface area (Å²) in [6.45, 7) is 6.85. The zero-order valence-corrected chi connectivity index (χ0v) is 13.2. The molecule has 0 aromatic rings. The predicted octanol–water partition coefficient (Wildman–Crippen LogP) is 2.60. The van der Waals surface area contributed by atoms with Crippen LogP contribution in [0.2, 0.25) is 0 Å². The van der Waals surface area contributed by atoms with E-state index < -0.39 is 0 Å². The van der Waals surface area contributed by atoms with Gasteiger partial charge >= 0.3 is 5.97 Å². The third kappa shape index (κ3) is 8.50.